The zero-order valence-electron chi connectivity index (χ0n) is 16.1. The molecule has 0 radical (unpaired) electrons. The van der Waals surface area contributed by atoms with Crippen molar-refractivity contribution in [1.29, 1.82) is 0 Å². The van der Waals surface area contributed by atoms with Crippen LogP contribution in [0.15, 0.2) is 42.2 Å². The van der Waals surface area contributed by atoms with Crippen LogP contribution in [-0.4, -0.2) is 77.8 Å². The number of benzene rings is 2. The highest BCUT2D eigenvalue weighted by atomic mass is 16.7. The van der Waals surface area contributed by atoms with Crippen molar-refractivity contribution >= 4 is 6.08 Å². The highest BCUT2D eigenvalue weighted by Crippen LogP contribution is 2.45. The summed E-state index contributed by atoms with van der Waals surface area (Å²) >= 11 is 0. The van der Waals surface area contributed by atoms with Gasteiger partial charge in [-0.2, -0.15) is 0 Å². The second-order valence-corrected chi connectivity index (χ2v) is 7.38. The van der Waals surface area contributed by atoms with Gasteiger partial charge in [0.25, 0.3) is 11.9 Å². The second kappa shape index (κ2) is 8.25. The zero-order valence-corrected chi connectivity index (χ0v) is 16.1. The number of aliphatic hydroxyl groups is 5. The van der Waals surface area contributed by atoms with Gasteiger partial charge >= 0.3 is 0 Å². The Balaban J connectivity index is 1.72. The number of phenols is 3. The predicted octanol–water partition coefficient (Wildman–Crippen LogP) is -0.0430. The van der Waals surface area contributed by atoms with Crippen molar-refractivity contribution < 1.29 is 50.0 Å². The minimum Gasteiger partial charge on any atom is -0.571 e. The molecule has 2 heterocycles. The third-order valence-corrected chi connectivity index (χ3v) is 5.25. The van der Waals surface area contributed by atoms with Crippen molar-refractivity contribution in [1.82, 2.24) is 0 Å². The van der Waals surface area contributed by atoms with Crippen LogP contribution in [0.25, 0.3) is 6.08 Å². The third-order valence-electron chi connectivity index (χ3n) is 5.25. The summed E-state index contributed by atoms with van der Waals surface area (Å²) in [6.45, 7) is -0.613. The van der Waals surface area contributed by atoms with E-state index in [0.29, 0.717) is 5.56 Å². The van der Waals surface area contributed by atoms with Crippen molar-refractivity contribution in [3.63, 3.8) is 0 Å². The smallest absolute Gasteiger partial charge is 0.270 e. The van der Waals surface area contributed by atoms with Crippen molar-refractivity contribution in [3.8, 4) is 23.0 Å². The molecule has 1 unspecified atom stereocenters. The predicted molar refractivity (Wildman–Crippen MR) is 105 cm³/mol. The highest BCUT2D eigenvalue weighted by Gasteiger charge is 2.46. The Morgan fingerprint density at radius 2 is 1.61 bits per heavy atom. The normalized spacial score (nSPS) is 30.1. The van der Waals surface area contributed by atoms with Gasteiger partial charge < -0.3 is 50.0 Å². The molecule has 0 aromatic heterocycles. The van der Waals surface area contributed by atoms with Crippen LogP contribution in [0, 0.1) is 0 Å². The van der Waals surface area contributed by atoms with Gasteiger partial charge in [0.2, 0.25) is 6.29 Å². The maximum Gasteiger partial charge on any atom is 0.270 e. The van der Waals surface area contributed by atoms with Crippen LogP contribution in [0.4, 0.5) is 0 Å². The Labute approximate surface area is 176 Å². The number of phenolic OH excluding ortho intramolecular Hbond substituents is 3. The quantitative estimate of drug-likeness (QED) is 0.325. The number of hydrogen-bond donors (Lipinski definition) is 7. The largest absolute Gasteiger partial charge is 0.571 e. The van der Waals surface area contributed by atoms with Gasteiger partial charge in [0.15, 0.2) is 5.76 Å². The summed E-state index contributed by atoms with van der Waals surface area (Å²) in [5.41, 5.74) is 0.842. The Kier molecular flexibility index (Phi) is 5.65. The number of hydrogen-bond acceptors (Lipinski definition) is 9. The van der Waals surface area contributed by atoms with Gasteiger partial charge in [-0.15, -0.1) is 0 Å². The molecular formula is C21H23O10+. The van der Waals surface area contributed by atoms with E-state index in [1.165, 1.54) is 24.3 Å². The molecule has 10 nitrogen and oxygen atoms in total. The number of aliphatic hydroxyl groups excluding tert-OH is 4. The van der Waals surface area contributed by atoms with E-state index >= 15 is 0 Å². The summed E-state index contributed by atoms with van der Waals surface area (Å²) in [6.07, 6.45) is -6.74. The van der Waals surface area contributed by atoms with E-state index in [-0.39, 0.29) is 34.3 Å². The summed E-state index contributed by atoms with van der Waals surface area (Å²) in [5, 5.41) is 69.3. The first kappa shape index (κ1) is 21.2. The van der Waals surface area contributed by atoms with E-state index in [0.717, 1.165) is 6.07 Å². The molecule has 2 aromatic rings. The Morgan fingerprint density at radius 3 is 2.29 bits per heavy atom. The fourth-order valence-corrected chi connectivity index (χ4v) is 3.58. The molecule has 0 spiro atoms. The number of ether oxygens (including phenoxy) is 3. The van der Waals surface area contributed by atoms with E-state index in [9.17, 15) is 35.7 Å². The van der Waals surface area contributed by atoms with Gasteiger partial charge in [0.1, 0.15) is 47.2 Å². The minimum atomic E-state index is -1.63. The molecule has 31 heavy (non-hydrogen) atoms. The Bertz CT molecular complexity index is 971. The maximum absolute atomic E-state index is 10.3. The van der Waals surface area contributed by atoms with E-state index in [1.807, 2.05) is 0 Å². The number of fused-ring (bicyclic) bond motifs is 1. The molecule has 8 N–H and O–H groups in total. The second-order valence-electron chi connectivity index (χ2n) is 7.38. The molecule has 2 aromatic carbocycles. The van der Waals surface area contributed by atoms with E-state index < -0.39 is 43.4 Å². The lowest BCUT2D eigenvalue weighted by atomic mass is 9.98. The van der Waals surface area contributed by atoms with E-state index in [2.05, 4.69) is 4.74 Å². The van der Waals surface area contributed by atoms with Crippen molar-refractivity contribution in [2.75, 3.05) is 6.61 Å². The first-order valence-corrected chi connectivity index (χ1v) is 9.53. The van der Waals surface area contributed by atoms with Gasteiger partial charge in [-0.05, 0) is 24.3 Å². The summed E-state index contributed by atoms with van der Waals surface area (Å²) in [4.78, 5) is 0. The molecule has 1 fully saturated rings. The summed E-state index contributed by atoms with van der Waals surface area (Å²) in [6, 6.07) is 8.60. The van der Waals surface area contributed by atoms with Gasteiger partial charge in [0.05, 0.1) is 18.2 Å². The van der Waals surface area contributed by atoms with Gasteiger partial charge in [-0.3, -0.25) is 0 Å². The third kappa shape index (κ3) is 3.99. The molecule has 0 aliphatic carbocycles. The maximum atomic E-state index is 10.3. The van der Waals surface area contributed by atoms with Crippen molar-refractivity contribution in [3.05, 3.63) is 53.3 Å². The first-order valence-electron chi connectivity index (χ1n) is 9.53. The standard InChI is InChI=1S/C21H22O10/c22-8-16-17(26)18(27)19(28)21(31-16)30-15-7-12-13(25)5-11(24)6-14(12)29-20(15)9-1-3-10(23)4-2-9/h1-7,16-28H,8H2/p+1/t16-,17+,18-,19-,20?,21+/m1/s1. The van der Waals surface area contributed by atoms with Crippen LogP contribution in [0.3, 0.4) is 0 Å². The molecule has 4 rings (SSSR count). The molecule has 6 atom stereocenters. The van der Waals surface area contributed by atoms with Crippen LogP contribution >= 0.6 is 0 Å². The average Bonchev–Trinajstić information content (AvgIpc) is 2.74. The lowest BCUT2D eigenvalue weighted by molar-refractivity contribution is -0.295. The Hall–Kier alpha value is -3.02. The molecular weight excluding hydrogens is 412 g/mol. The highest BCUT2D eigenvalue weighted by molar-refractivity contribution is 5.69. The van der Waals surface area contributed by atoms with Crippen molar-refractivity contribution in [2.24, 2.45) is 0 Å². The van der Waals surface area contributed by atoms with Gasteiger partial charge in [-0.1, -0.05) is 0 Å². The molecule has 0 bridgehead atoms. The van der Waals surface area contributed by atoms with Crippen LogP contribution in [0.1, 0.15) is 17.2 Å². The molecule has 10 heteroatoms. The van der Waals surface area contributed by atoms with E-state index in [1.54, 1.807) is 12.1 Å². The minimum absolute atomic E-state index is 0.0376. The lowest BCUT2D eigenvalue weighted by Crippen LogP contribution is -2.59. The van der Waals surface area contributed by atoms with E-state index in [4.69, 9.17) is 9.47 Å². The molecule has 1 saturated heterocycles. The number of aromatic hydroxyl groups is 4. The zero-order chi connectivity index (χ0) is 22.3. The molecule has 2 aliphatic rings. The SMILES string of the molecule is OC[C@H]1O[C@H](OC2=Cc3c(O)cc(O)cc3[OH+]C2c2ccc(O)cc2)[C@H](O)[C@H](O)[C@H]1O. The molecule has 166 valence electrons. The lowest BCUT2D eigenvalue weighted by Gasteiger charge is -2.40. The molecule has 0 amide bonds. The van der Waals surface area contributed by atoms with Crippen LogP contribution in [0.5, 0.6) is 23.0 Å². The molecule has 2 aliphatic heterocycles. The van der Waals surface area contributed by atoms with Crippen LogP contribution in [0.2, 0.25) is 0 Å². The van der Waals surface area contributed by atoms with Gasteiger partial charge in [0, 0.05) is 12.1 Å². The fraction of sp³-hybridized carbons (Fsp3) is 0.333. The number of rotatable bonds is 4. The molecule has 0 saturated carbocycles. The first-order chi connectivity index (χ1) is 14.8. The summed E-state index contributed by atoms with van der Waals surface area (Å²) < 4.78 is 15.7. The summed E-state index contributed by atoms with van der Waals surface area (Å²) in [7, 11) is 0. The van der Waals surface area contributed by atoms with Crippen LogP contribution in [-0.2, 0) is 9.47 Å². The monoisotopic (exact) mass is 435 g/mol. The fourth-order valence-electron chi connectivity index (χ4n) is 3.58. The summed E-state index contributed by atoms with van der Waals surface area (Å²) in [5.74, 6) is 0.0184. The van der Waals surface area contributed by atoms with Crippen molar-refractivity contribution in [2.45, 2.75) is 36.8 Å². The Morgan fingerprint density at radius 1 is 0.903 bits per heavy atom. The average molecular weight is 435 g/mol. The topological polar surface area (TPSA) is 173 Å². The van der Waals surface area contributed by atoms with Gasteiger partial charge in [-0.25, -0.2) is 0 Å². The van der Waals surface area contributed by atoms with Crippen LogP contribution < -0.4 is 0 Å².